The van der Waals surface area contributed by atoms with E-state index >= 15 is 0 Å². The van der Waals surface area contributed by atoms with Gasteiger partial charge in [-0.3, -0.25) is 4.79 Å². The number of halogens is 1. The Bertz CT molecular complexity index is 987. The Morgan fingerprint density at radius 3 is 2.76 bits per heavy atom. The highest BCUT2D eigenvalue weighted by molar-refractivity contribution is 9.10. The molecule has 1 aliphatic carbocycles. The summed E-state index contributed by atoms with van der Waals surface area (Å²) in [6, 6.07) is 10.1. The molecule has 3 aromatic rings. The van der Waals surface area contributed by atoms with Gasteiger partial charge >= 0.3 is 0 Å². The van der Waals surface area contributed by atoms with E-state index in [9.17, 15) is 4.79 Å². The number of fused-ring (bicyclic) bond motifs is 1. The largest absolute Gasteiger partial charge is 0.384 e. The molecule has 0 aliphatic heterocycles. The Morgan fingerprint density at radius 1 is 1.17 bits per heavy atom. The summed E-state index contributed by atoms with van der Waals surface area (Å²) in [6.45, 7) is 1.09. The average molecular weight is 454 g/mol. The van der Waals surface area contributed by atoms with Crippen LogP contribution in [-0.2, 0) is 24.2 Å². The van der Waals surface area contributed by atoms with Gasteiger partial charge in [0.1, 0.15) is 11.6 Å². The lowest BCUT2D eigenvalue weighted by molar-refractivity contribution is -0.118. The lowest BCUT2D eigenvalue weighted by Crippen LogP contribution is -2.13. The molecule has 5 heteroatoms. The summed E-state index contributed by atoms with van der Waals surface area (Å²) in [6.07, 6.45) is 12.5. The van der Waals surface area contributed by atoms with Gasteiger partial charge in [-0.2, -0.15) is 0 Å². The van der Waals surface area contributed by atoms with Gasteiger partial charge in [0.2, 0.25) is 0 Å². The van der Waals surface area contributed by atoms with Crippen LogP contribution in [0.4, 0.5) is 5.82 Å². The van der Waals surface area contributed by atoms with Crippen molar-refractivity contribution in [1.82, 2.24) is 9.55 Å². The van der Waals surface area contributed by atoms with E-state index < -0.39 is 0 Å². The number of aryl methyl sites for hydroxylation is 1. The molecule has 1 aliphatic rings. The van der Waals surface area contributed by atoms with Crippen LogP contribution in [-0.4, -0.2) is 15.3 Å². The second-order valence-corrected chi connectivity index (χ2v) is 9.19. The molecule has 1 saturated carbocycles. The van der Waals surface area contributed by atoms with E-state index in [2.05, 4.69) is 49.9 Å². The quantitative estimate of drug-likeness (QED) is 0.498. The third-order valence-electron chi connectivity index (χ3n) is 6.03. The van der Waals surface area contributed by atoms with Crippen LogP contribution >= 0.6 is 15.9 Å². The van der Waals surface area contributed by atoms with Gasteiger partial charge < -0.3 is 10.3 Å². The van der Waals surface area contributed by atoms with Crippen molar-refractivity contribution in [3.63, 3.8) is 0 Å². The second kappa shape index (κ2) is 9.12. The van der Waals surface area contributed by atoms with E-state index in [-0.39, 0.29) is 5.78 Å². The number of nitrogens with zero attached hydrogens (tertiary/aromatic N) is 2. The van der Waals surface area contributed by atoms with Gasteiger partial charge in [-0.1, -0.05) is 41.3 Å². The van der Waals surface area contributed by atoms with Gasteiger partial charge in [0.05, 0.1) is 0 Å². The van der Waals surface area contributed by atoms with Crippen molar-refractivity contribution in [2.75, 3.05) is 5.73 Å². The molecule has 0 atom stereocenters. The molecule has 4 nitrogen and oxygen atoms in total. The molecule has 0 bridgehead atoms. The minimum absolute atomic E-state index is 0.236. The van der Waals surface area contributed by atoms with Crippen molar-refractivity contribution in [3.8, 4) is 0 Å². The van der Waals surface area contributed by atoms with Gasteiger partial charge in [-0.05, 0) is 60.6 Å². The van der Waals surface area contributed by atoms with Gasteiger partial charge in [-0.15, -0.1) is 0 Å². The van der Waals surface area contributed by atoms with E-state index in [0.29, 0.717) is 18.7 Å². The number of pyridine rings is 1. The van der Waals surface area contributed by atoms with Crippen molar-refractivity contribution >= 4 is 38.4 Å². The first-order valence-corrected chi connectivity index (χ1v) is 11.4. The van der Waals surface area contributed by atoms with Crippen LogP contribution in [0.5, 0.6) is 0 Å². The molecule has 0 saturated heterocycles. The highest BCUT2D eigenvalue weighted by atomic mass is 79.9. The van der Waals surface area contributed by atoms with Crippen LogP contribution in [0.15, 0.2) is 47.2 Å². The van der Waals surface area contributed by atoms with E-state index in [4.69, 9.17) is 5.73 Å². The fourth-order valence-electron chi connectivity index (χ4n) is 4.47. The second-order valence-electron chi connectivity index (χ2n) is 8.28. The van der Waals surface area contributed by atoms with Gasteiger partial charge in [0.25, 0.3) is 0 Å². The van der Waals surface area contributed by atoms with E-state index in [1.807, 2.05) is 6.07 Å². The molecule has 29 heavy (non-hydrogen) atoms. The Hall–Kier alpha value is -2.14. The van der Waals surface area contributed by atoms with Crippen LogP contribution < -0.4 is 5.73 Å². The minimum Gasteiger partial charge on any atom is -0.384 e. The molecule has 2 N–H and O–H groups in total. The number of hydrogen-bond acceptors (Lipinski definition) is 3. The topological polar surface area (TPSA) is 60.9 Å². The predicted octanol–water partition coefficient (Wildman–Crippen LogP) is 5.71. The molecule has 152 valence electrons. The van der Waals surface area contributed by atoms with Crippen molar-refractivity contribution in [1.29, 1.82) is 0 Å². The molecule has 0 amide bonds. The van der Waals surface area contributed by atoms with Crippen LogP contribution in [0, 0.1) is 5.92 Å². The Morgan fingerprint density at radius 2 is 2.00 bits per heavy atom. The van der Waals surface area contributed by atoms with Gasteiger partial charge in [0.15, 0.2) is 0 Å². The maximum Gasteiger partial charge on any atom is 0.137 e. The molecule has 1 aromatic carbocycles. The van der Waals surface area contributed by atoms with Gasteiger partial charge in [0, 0.05) is 47.2 Å². The average Bonchev–Trinajstić information content (AvgIpc) is 3.05. The molecule has 0 unspecified atom stereocenters. The summed E-state index contributed by atoms with van der Waals surface area (Å²) in [5.74, 6) is 1.49. The summed E-state index contributed by atoms with van der Waals surface area (Å²) in [5.41, 5.74) is 9.09. The number of aromatic nitrogens is 2. The molecular formula is C24H28BrN3O. The van der Waals surface area contributed by atoms with Crippen LogP contribution in [0.3, 0.4) is 0 Å². The van der Waals surface area contributed by atoms with E-state index in [1.165, 1.54) is 48.6 Å². The first-order chi connectivity index (χ1) is 14.1. The molecule has 2 aromatic heterocycles. The number of hydrogen-bond donors (Lipinski definition) is 1. The third kappa shape index (κ3) is 5.08. The van der Waals surface area contributed by atoms with E-state index in [0.717, 1.165) is 28.9 Å². The first kappa shape index (κ1) is 20.1. The molecular weight excluding hydrogens is 426 g/mol. The minimum atomic E-state index is 0.236. The Balaban J connectivity index is 1.47. The number of carbonyl (C=O) groups excluding carboxylic acids is 1. The number of Topliss-reactive ketones (excluding diaryl/α,β-unsaturated/α-hetero) is 1. The summed E-state index contributed by atoms with van der Waals surface area (Å²) in [5, 5.41) is 1.26. The molecule has 2 heterocycles. The monoisotopic (exact) mass is 453 g/mol. The molecule has 0 spiro atoms. The van der Waals surface area contributed by atoms with Crippen LogP contribution in [0.25, 0.3) is 10.9 Å². The fraction of sp³-hybridized carbons (Fsp3) is 0.417. The number of rotatable bonds is 7. The van der Waals surface area contributed by atoms with Crippen molar-refractivity contribution < 1.29 is 4.79 Å². The van der Waals surface area contributed by atoms with Crippen LogP contribution in [0.2, 0.25) is 0 Å². The molecule has 4 rings (SSSR count). The number of carbonyl (C=O) groups is 1. The van der Waals surface area contributed by atoms with E-state index in [1.54, 1.807) is 12.3 Å². The smallest absolute Gasteiger partial charge is 0.137 e. The number of ketones is 1. The van der Waals surface area contributed by atoms with Crippen molar-refractivity contribution in [2.24, 2.45) is 5.92 Å². The molecule has 0 radical (unpaired) electrons. The first-order valence-electron chi connectivity index (χ1n) is 10.6. The lowest BCUT2D eigenvalue weighted by atomic mass is 9.89. The zero-order valence-electron chi connectivity index (χ0n) is 16.7. The maximum atomic E-state index is 12.5. The summed E-state index contributed by atoms with van der Waals surface area (Å²) < 4.78 is 3.50. The molecule has 1 fully saturated rings. The lowest BCUT2D eigenvalue weighted by Gasteiger charge is -2.22. The predicted molar refractivity (Wildman–Crippen MR) is 122 cm³/mol. The zero-order chi connectivity index (χ0) is 20.2. The number of nitrogens with two attached hydrogens (primary N) is 1. The van der Waals surface area contributed by atoms with Crippen molar-refractivity contribution in [3.05, 3.63) is 58.3 Å². The Labute approximate surface area is 180 Å². The van der Waals surface area contributed by atoms with Gasteiger partial charge in [-0.25, -0.2) is 4.98 Å². The summed E-state index contributed by atoms with van der Waals surface area (Å²) >= 11 is 3.61. The van der Waals surface area contributed by atoms with Crippen molar-refractivity contribution in [2.45, 2.75) is 57.9 Å². The third-order valence-corrected chi connectivity index (χ3v) is 6.52. The summed E-state index contributed by atoms with van der Waals surface area (Å²) in [7, 11) is 0. The number of benzene rings is 1. The SMILES string of the molecule is Nc1ccc(CC(=O)CCc2cn(CC3CCCCC3)c3ccc(Br)cc23)cn1. The number of nitrogen functional groups attached to an aromatic ring is 1. The standard InChI is InChI=1S/C24H28BrN3O/c25-20-8-10-23-22(13-20)19(16-28(23)15-17-4-2-1-3-5-17)7-9-21(29)12-18-6-11-24(26)27-14-18/h6,8,10-11,13-14,16-17H,1-5,7,9,12,15H2,(H2,26,27). The van der Waals surface area contributed by atoms with Crippen LogP contribution in [0.1, 0.15) is 49.7 Å². The Kier molecular flexibility index (Phi) is 6.34. The summed E-state index contributed by atoms with van der Waals surface area (Å²) in [4.78, 5) is 16.6. The maximum absolute atomic E-state index is 12.5. The number of anilines is 1. The highest BCUT2D eigenvalue weighted by Crippen LogP contribution is 2.30. The fourth-order valence-corrected chi connectivity index (χ4v) is 4.83. The normalized spacial score (nSPS) is 15.1. The highest BCUT2D eigenvalue weighted by Gasteiger charge is 2.17. The zero-order valence-corrected chi connectivity index (χ0v) is 18.3.